The summed E-state index contributed by atoms with van der Waals surface area (Å²) in [5.41, 5.74) is 0.187. The van der Waals surface area contributed by atoms with E-state index >= 15 is 0 Å². The third kappa shape index (κ3) is 10.0. The van der Waals surface area contributed by atoms with Gasteiger partial charge in [0, 0.05) is 32.0 Å². The van der Waals surface area contributed by atoms with Crippen LogP contribution in [0, 0.1) is 0 Å². The third-order valence-electron chi connectivity index (χ3n) is 5.01. The van der Waals surface area contributed by atoms with Crippen LogP contribution in [0.15, 0.2) is 30.3 Å². The van der Waals surface area contributed by atoms with Gasteiger partial charge in [-0.3, -0.25) is 4.79 Å². The smallest absolute Gasteiger partial charge is 0.193 e. The molecule has 0 N–H and O–H groups in total. The molecule has 0 amide bonds. The Balaban J connectivity index is 2.44. The van der Waals surface area contributed by atoms with E-state index in [2.05, 4.69) is 0 Å². The predicted octanol–water partition coefficient (Wildman–Crippen LogP) is 4.09. The minimum Gasteiger partial charge on any atom is -0.496 e. The van der Waals surface area contributed by atoms with Gasteiger partial charge in [0.25, 0.3) is 0 Å². The molecule has 0 fully saturated rings. The number of ether oxygens (including phenoxy) is 8. The first-order valence-electron chi connectivity index (χ1n) is 12.4. The van der Waals surface area contributed by atoms with Crippen molar-refractivity contribution < 1.29 is 42.7 Å². The van der Waals surface area contributed by atoms with Crippen molar-refractivity contribution in [3.05, 3.63) is 35.9 Å². The highest BCUT2D eigenvalue weighted by Gasteiger charge is 2.24. The standard InChI is InChI=1S/C27H39O9P/c1-6-31-12-15-34-20-18-23(35-16-13-32-7-2)26(24(19-20)36-17-14-33-8-3)37-27(28)25-21(29-4)10-9-11-22(25)30-5/h9-11,18-19,37H,6-8,12-17H2,1-5H3. The molecule has 37 heavy (non-hydrogen) atoms. The topological polar surface area (TPSA) is 90.9 Å². The Labute approximate surface area is 221 Å². The molecule has 2 aromatic carbocycles. The van der Waals surface area contributed by atoms with Gasteiger partial charge in [0.1, 0.15) is 54.1 Å². The molecule has 0 saturated carbocycles. The quantitative estimate of drug-likeness (QED) is 0.183. The van der Waals surface area contributed by atoms with E-state index in [4.69, 9.17) is 37.9 Å². The zero-order chi connectivity index (χ0) is 26.9. The van der Waals surface area contributed by atoms with Gasteiger partial charge >= 0.3 is 0 Å². The number of benzene rings is 2. The molecule has 0 aromatic heterocycles. The Morgan fingerprint density at radius 3 is 1.57 bits per heavy atom. The molecule has 0 saturated heterocycles. The minimum atomic E-state index is -0.336. The normalized spacial score (nSPS) is 11.1. The van der Waals surface area contributed by atoms with Gasteiger partial charge < -0.3 is 37.9 Å². The molecular weight excluding hydrogens is 499 g/mol. The number of methoxy groups -OCH3 is 2. The van der Waals surface area contributed by atoms with Crippen LogP contribution in [0.2, 0.25) is 0 Å². The van der Waals surface area contributed by atoms with Crippen molar-refractivity contribution in [2.75, 3.05) is 73.7 Å². The van der Waals surface area contributed by atoms with Gasteiger partial charge in [-0.05, 0) is 41.5 Å². The monoisotopic (exact) mass is 538 g/mol. The summed E-state index contributed by atoms with van der Waals surface area (Å²) in [6.07, 6.45) is 0. The van der Waals surface area contributed by atoms with Gasteiger partial charge in [0.15, 0.2) is 5.52 Å². The summed E-state index contributed by atoms with van der Waals surface area (Å²) in [6, 6.07) is 8.77. The molecule has 0 aliphatic rings. The molecule has 0 spiro atoms. The lowest BCUT2D eigenvalue weighted by molar-refractivity contribution is 0.105. The maximum Gasteiger partial charge on any atom is 0.193 e. The summed E-state index contributed by atoms with van der Waals surface area (Å²) < 4.78 is 45.2. The van der Waals surface area contributed by atoms with Gasteiger partial charge in [-0.2, -0.15) is 0 Å². The average Bonchev–Trinajstić information content (AvgIpc) is 2.92. The second-order valence-corrected chi connectivity index (χ2v) is 8.63. The fourth-order valence-electron chi connectivity index (χ4n) is 3.32. The largest absolute Gasteiger partial charge is 0.496 e. The van der Waals surface area contributed by atoms with Crippen LogP contribution in [0.4, 0.5) is 0 Å². The van der Waals surface area contributed by atoms with E-state index in [9.17, 15) is 4.79 Å². The summed E-state index contributed by atoms with van der Waals surface area (Å²) in [5.74, 6) is 2.39. The second kappa shape index (κ2) is 17.8. The molecule has 2 aromatic rings. The maximum absolute atomic E-state index is 13.6. The minimum absolute atomic E-state index is 0.177. The molecular formula is C27H39O9P. The maximum atomic E-state index is 13.6. The number of carbonyl (C=O) groups is 1. The van der Waals surface area contributed by atoms with Crippen LogP contribution in [-0.4, -0.2) is 79.2 Å². The second-order valence-electron chi connectivity index (χ2n) is 7.42. The Hall–Kier alpha value is -2.58. The summed E-state index contributed by atoms with van der Waals surface area (Å²) >= 11 is 0. The number of rotatable bonds is 20. The fourth-order valence-corrected chi connectivity index (χ4v) is 4.46. The lowest BCUT2D eigenvalue weighted by Gasteiger charge is -2.19. The Morgan fingerprint density at radius 1 is 0.676 bits per heavy atom. The van der Waals surface area contributed by atoms with Gasteiger partial charge in [-0.25, -0.2) is 0 Å². The van der Waals surface area contributed by atoms with E-state index in [1.165, 1.54) is 14.2 Å². The van der Waals surface area contributed by atoms with E-state index in [0.717, 1.165) is 0 Å². The first-order valence-corrected chi connectivity index (χ1v) is 13.4. The van der Waals surface area contributed by atoms with E-state index in [1.54, 1.807) is 30.3 Å². The van der Waals surface area contributed by atoms with Crippen LogP contribution in [0.1, 0.15) is 31.1 Å². The van der Waals surface area contributed by atoms with E-state index in [-0.39, 0.29) is 14.1 Å². The van der Waals surface area contributed by atoms with Crippen LogP contribution in [0.3, 0.4) is 0 Å². The van der Waals surface area contributed by atoms with E-state index in [0.29, 0.717) is 99.1 Å². The zero-order valence-corrected chi connectivity index (χ0v) is 23.4. The van der Waals surface area contributed by atoms with Crippen molar-refractivity contribution in [3.8, 4) is 28.7 Å². The lowest BCUT2D eigenvalue weighted by Crippen LogP contribution is -2.17. The van der Waals surface area contributed by atoms with Crippen LogP contribution in [-0.2, 0) is 14.2 Å². The van der Waals surface area contributed by atoms with Crippen LogP contribution < -0.4 is 29.0 Å². The molecule has 0 heterocycles. The number of hydrogen-bond acceptors (Lipinski definition) is 9. The zero-order valence-electron chi connectivity index (χ0n) is 22.4. The average molecular weight is 539 g/mol. The van der Waals surface area contributed by atoms with Crippen molar-refractivity contribution in [2.45, 2.75) is 20.8 Å². The molecule has 9 nitrogen and oxygen atoms in total. The molecule has 0 aliphatic heterocycles. The van der Waals surface area contributed by atoms with Crippen LogP contribution in [0.25, 0.3) is 0 Å². The Morgan fingerprint density at radius 2 is 1.14 bits per heavy atom. The third-order valence-corrected chi connectivity index (χ3v) is 6.23. The number of hydrogen-bond donors (Lipinski definition) is 0. The van der Waals surface area contributed by atoms with Crippen molar-refractivity contribution in [3.63, 3.8) is 0 Å². The number of carbonyl (C=O) groups excluding carboxylic acids is 1. The van der Waals surface area contributed by atoms with Crippen molar-refractivity contribution in [2.24, 2.45) is 0 Å². The summed E-state index contributed by atoms with van der Waals surface area (Å²) in [5, 5.41) is 0.614. The highest BCUT2D eigenvalue weighted by atomic mass is 31.1. The molecule has 1 atom stereocenters. The summed E-state index contributed by atoms with van der Waals surface area (Å²) in [4.78, 5) is 13.6. The van der Waals surface area contributed by atoms with Gasteiger partial charge in [0.2, 0.25) is 0 Å². The van der Waals surface area contributed by atoms with Crippen LogP contribution in [0.5, 0.6) is 28.7 Å². The molecule has 206 valence electrons. The predicted molar refractivity (Wildman–Crippen MR) is 144 cm³/mol. The van der Waals surface area contributed by atoms with Gasteiger partial charge in [-0.1, -0.05) is 6.07 Å². The van der Waals surface area contributed by atoms with E-state index in [1.807, 2.05) is 20.8 Å². The fraction of sp³-hybridized carbons (Fsp3) is 0.519. The molecule has 0 bridgehead atoms. The van der Waals surface area contributed by atoms with E-state index < -0.39 is 0 Å². The Kier molecular flexibility index (Phi) is 14.7. The first kappa shape index (κ1) is 30.6. The first-order chi connectivity index (χ1) is 18.1. The lowest BCUT2D eigenvalue weighted by atomic mass is 10.2. The van der Waals surface area contributed by atoms with Crippen LogP contribution >= 0.6 is 8.58 Å². The van der Waals surface area contributed by atoms with Crippen molar-refractivity contribution >= 4 is 19.4 Å². The summed E-state index contributed by atoms with van der Waals surface area (Å²) in [7, 11) is 2.71. The highest BCUT2D eigenvalue weighted by molar-refractivity contribution is 7.66. The van der Waals surface area contributed by atoms with Crippen molar-refractivity contribution in [1.29, 1.82) is 0 Å². The Bertz CT molecular complexity index is 896. The molecule has 1 unspecified atom stereocenters. The van der Waals surface area contributed by atoms with Gasteiger partial charge in [0.05, 0.1) is 39.3 Å². The highest BCUT2D eigenvalue weighted by Crippen LogP contribution is 2.38. The summed E-state index contributed by atoms with van der Waals surface area (Å²) in [6.45, 7) is 9.77. The molecule has 0 radical (unpaired) electrons. The molecule has 2 rings (SSSR count). The van der Waals surface area contributed by atoms with Crippen molar-refractivity contribution in [1.82, 2.24) is 0 Å². The molecule has 10 heteroatoms. The van der Waals surface area contributed by atoms with Gasteiger partial charge in [-0.15, -0.1) is 0 Å². The SMILES string of the molecule is CCOCCOc1cc(OCCOCC)c(PC(=O)c2c(OC)cccc2OC)c(OCCOCC)c1. The molecule has 0 aliphatic carbocycles.